The van der Waals surface area contributed by atoms with Gasteiger partial charge in [-0.2, -0.15) is 0 Å². The summed E-state index contributed by atoms with van der Waals surface area (Å²) in [4.78, 5) is 0. The molecule has 3 aromatic carbocycles. The molecule has 0 aromatic heterocycles. The van der Waals surface area contributed by atoms with E-state index in [9.17, 15) is 0 Å². The van der Waals surface area contributed by atoms with Gasteiger partial charge < -0.3 is 4.74 Å². The van der Waals surface area contributed by atoms with Gasteiger partial charge in [0.25, 0.3) is 0 Å². The normalized spacial score (nSPS) is 10.6. The van der Waals surface area contributed by atoms with E-state index in [1.807, 2.05) is 0 Å². The number of benzene rings is 3. The molecule has 0 radical (unpaired) electrons. The lowest BCUT2D eigenvalue weighted by Crippen LogP contribution is -1.97. The fraction of sp³-hybridized carbons (Fsp3) is 0.143. The van der Waals surface area contributed by atoms with Crippen molar-refractivity contribution in [2.45, 2.75) is 6.42 Å². The number of methoxy groups -OCH3 is 1. The maximum absolute atomic E-state index is 5.25. The van der Waals surface area contributed by atoms with Gasteiger partial charge in [0.2, 0.25) is 0 Å². The summed E-state index contributed by atoms with van der Waals surface area (Å²) in [6, 6.07) is 27.8. The molecule has 0 atom stereocenters. The number of rotatable bonds is 5. The second-order valence-electron chi connectivity index (χ2n) is 5.35. The fourth-order valence-corrected chi connectivity index (χ4v) is 2.70. The lowest BCUT2D eigenvalue weighted by atomic mass is 9.93. The minimum Gasteiger partial charge on any atom is -0.384 e. The molecule has 110 valence electrons. The van der Waals surface area contributed by atoms with E-state index >= 15 is 0 Å². The predicted molar refractivity (Wildman–Crippen MR) is 92.9 cm³/mol. The van der Waals surface area contributed by atoms with Crippen molar-refractivity contribution in [3.8, 4) is 22.3 Å². The first-order chi connectivity index (χ1) is 10.9. The van der Waals surface area contributed by atoms with Crippen molar-refractivity contribution in [1.29, 1.82) is 0 Å². The van der Waals surface area contributed by atoms with Crippen LogP contribution in [0.15, 0.2) is 78.9 Å². The van der Waals surface area contributed by atoms with E-state index in [-0.39, 0.29) is 0 Å². The third-order valence-corrected chi connectivity index (χ3v) is 3.88. The Morgan fingerprint density at radius 2 is 1.32 bits per heavy atom. The largest absolute Gasteiger partial charge is 0.384 e. The molecule has 0 saturated heterocycles. The molecule has 0 fully saturated rings. The van der Waals surface area contributed by atoms with Gasteiger partial charge in [-0.15, -0.1) is 0 Å². The Morgan fingerprint density at radius 1 is 0.682 bits per heavy atom. The Labute approximate surface area is 132 Å². The van der Waals surface area contributed by atoms with Gasteiger partial charge in [-0.25, -0.2) is 0 Å². The van der Waals surface area contributed by atoms with E-state index in [1.54, 1.807) is 7.11 Å². The molecule has 3 rings (SSSR count). The Kier molecular flexibility index (Phi) is 4.67. The maximum atomic E-state index is 5.25. The third-order valence-electron chi connectivity index (χ3n) is 3.88. The highest BCUT2D eigenvalue weighted by Crippen LogP contribution is 2.30. The van der Waals surface area contributed by atoms with Crippen LogP contribution in [0.1, 0.15) is 5.56 Å². The monoisotopic (exact) mass is 288 g/mol. The standard InChI is InChI=1S/C21H20O/c1-22-15-14-19-12-13-20(17-8-4-2-5-9-17)16-21(19)18-10-6-3-7-11-18/h2-13,16H,14-15H2,1H3. The van der Waals surface area contributed by atoms with Crippen molar-refractivity contribution in [2.24, 2.45) is 0 Å². The molecule has 22 heavy (non-hydrogen) atoms. The summed E-state index contributed by atoms with van der Waals surface area (Å²) >= 11 is 0. The van der Waals surface area contributed by atoms with Crippen LogP contribution in [0.25, 0.3) is 22.3 Å². The first-order valence-corrected chi connectivity index (χ1v) is 7.61. The molecule has 0 aliphatic heterocycles. The second-order valence-corrected chi connectivity index (χ2v) is 5.35. The average Bonchev–Trinajstić information content (AvgIpc) is 2.61. The highest BCUT2D eigenvalue weighted by Gasteiger charge is 2.07. The van der Waals surface area contributed by atoms with Crippen molar-refractivity contribution in [3.05, 3.63) is 84.4 Å². The Balaban J connectivity index is 2.06. The highest BCUT2D eigenvalue weighted by atomic mass is 16.5. The van der Waals surface area contributed by atoms with E-state index in [0.29, 0.717) is 0 Å². The number of ether oxygens (including phenoxy) is 1. The number of hydrogen-bond donors (Lipinski definition) is 0. The molecule has 0 saturated carbocycles. The molecule has 1 heteroatoms. The Morgan fingerprint density at radius 3 is 1.95 bits per heavy atom. The van der Waals surface area contributed by atoms with Crippen molar-refractivity contribution < 1.29 is 4.74 Å². The molecule has 3 aromatic rings. The van der Waals surface area contributed by atoms with Gasteiger partial charge in [0.15, 0.2) is 0 Å². The molecule has 0 aliphatic rings. The van der Waals surface area contributed by atoms with Crippen LogP contribution in [0.3, 0.4) is 0 Å². The minimum atomic E-state index is 0.741. The first kappa shape index (κ1) is 14.6. The van der Waals surface area contributed by atoms with Crippen molar-refractivity contribution in [3.63, 3.8) is 0 Å². The molecule has 0 aliphatic carbocycles. The smallest absolute Gasteiger partial charge is 0.0502 e. The second kappa shape index (κ2) is 7.06. The molecule has 1 nitrogen and oxygen atoms in total. The van der Waals surface area contributed by atoms with Crippen LogP contribution < -0.4 is 0 Å². The van der Waals surface area contributed by atoms with E-state index in [2.05, 4.69) is 78.9 Å². The van der Waals surface area contributed by atoms with Gasteiger partial charge in [0, 0.05) is 7.11 Å². The van der Waals surface area contributed by atoms with Crippen molar-refractivity contribution >= 4 is 0 Å². The third kappa shape index (κ3) is 3.26. The van der Waals surface area contributed by atoms with E-state index < -0.39 is 0 Å². The van der Waals surface area contributed by atoms with E-state index in [1.165, 1.54) is 27.8 Å². The molecule has 0 unspecified atom stereocenters. The highest BCUT2D eigenvalue weighted by molar-refractivity contribution is 5.75. The summed E-state index contributed by atoms with van der Waals surface area (Å²) in [5.74, 6) is 0. The van der Waals surface area contributed by atoms with Crippen LogP contribution in [0, 0.1) is 0 Å². The van der Waals surface area contributed by atoms with Crippen LogP contribution in [0.4, 0.5) is 0 Å². The van der Waals surface area contributed by atoms with Gasteiger partial charge in [0.05, 0.1) is 6.61 Å². The molecule has 0 bridgehead atoms. The summed E-state index contributed by atoms with van der Waals surface area (Å²) in [5, 5.41) is 0. The molecule has 0 heterocycles. The zero-order valence-corrected chi connectivity index (χ0v) is 12.8. The Bertz CT molecular complexity index is 717. The first-order valence-electron chi connectivity index (χ1n) is 7.61. The zero-order chi connectivity index (χ0) is 15.2. The topological polar surface area (TPSA) is 9.23 Å². The van der Waals surface area contributed by atoms with Gasteiger partial charge in [-0.05, 0) is 40.3 Å². The summed E-state index contributed by atoms with van der Waals surface area (Å²) in [7, 11) is 1.75. The maximum Gasteiger partial charge on any atom is 0.0502 e. The molecular weight excluding hydrogens is 268 g/mol. The van der Waals surface area contributed by atoms with Crippen LogP contribution in [-0.4, -0.2) is 13.7 Å². The van der Waals surface area contributed by atoms with Crippen LogP contribution in [-0.2, 0) is 11.2 Å². The van der Waals surface area contributed by atoms with Crippen molar-refractivity contribution in [1.82, 2.24) is 0 Å². The van der Waals surface area contributed by atoms with Crippen LogP contribution >= 0.6 is 0 Å². The Hall–Kier alpha value is -2.38. The molecular formula is C21H20O. The van der Waals surface area contributed by atoms with Crippen LogP contribution in [0.5, 0.6) is 0 Å². The molecule has 0 amide bonds. The molecule has 0 spiro atoms. The van der Waals surface area contributed by atoms with Gasteiger partial charge >= 0.3 is 0 Å². The van der Waals surface area contributed by atoms with Crippen LogP contribution in [0.2, 0.25) is 0 Å². The number of hydrogen-bond acceptors (Lipinski definition) is 1. The summed E-state index contributed by atoms with van der Waals surface area (Å²) in [6.45, 7) is 0.741. The van der Waals surface area contributed by atoms with Gasteiger partial charge in [-0.1, -0.05) is 72.8 Å². The minimum absolute atomic E-state index is 0.741. The van der Waals surface area contributed by atoms with Gasteiger partial charge in [0.1, 0.15) is 0 Å². The summed E-state index contributed by atoms with van der Waals surface area (Å²) < 4.78 is 5.25. The average molecular weight is 288 g/mol. The quantitative estimate of drug-likeness (QED) is 0.626. The predicted octanol–water partition coefficient (Wildman–Crippen LogP) is 5.21. The summed E-state index contributed by atoms with van der Waals surface area (Å²) in [5.41, 5.74) is 6.37. The van der Waals surface area contributed by atoms with Crippen molar-refractivity contribution in [2.75, 3.05) is 13.7 Å². The SMILES string of the molecule is COCCc1ccc(-c2ccccc2)cc1-c1ccccc1. The molecule has 0 N–H and O–H groups in total. The fourth-order valence-electron chi connectivity index (χ4n) is 2.70. The van der Waals surface area contributed by atoms with E-state index in [0.717, 1.165) is 13.0 Å². The van der Waals surface area contributed by atoms with Gasteiger partial charge in [-0.3, -0.25) is 0 Å². The zero-order valence-electron chi connectivity index (χ0n) is 12.8. The lowest BCUT2D eigenvalue weighted by Gasteiger charge is -2.12. The summed E-state index contributed by atoms with van der Waals surface area (Å²) in [6.07, 6.45) is 0.926. The lowest BCUT2D eigenvalue weighted by molar-refractivity contribution is 0.202. The van der Waals surface area contributed by atoms with E-state index in [4.69, 9.17) is 4.74 Å².